The number of nitrogens with zero attached hydrogens (tertiary/aromatic N) is 3. The zero-order chi connectivity index (χ0) is 23.4. The molecule has 0 radical (unpaired) electrons. The van der Waals surface area contributed by atoms with Gasteiger partial charge < -0.3 is 4.90 Å². The van der Waals surface area contributed by atoms with E-state index >= 15 is 0 Å². The summed E-state index contributed by atoms with van der Waals surface area (Å²) in [6, 6.07) is 22.6. The molecular formula is C26H23Cl2N3OS. The van der Waals surface area contributed by atoms with Gasteiger partial charge in [-0.25, -0.2) is 4.99 Å². The van der Waals surface area contributed by atoms with Gasteiger partial charge in [0.2, 0.25) is 0 Å². The molecule has 0 spiro atoms. The fourth-order valence-corrected chi connectivity index (χ4v) is 4.77. The number of hydrogen-bond acceptors (Lipinski definition) is 4. The van der Waals surface area contributed by atoms with Gasteiger partial charge >= 0.3 is 0 Å². The van der Waals surface area contributed by atoms with E-state index in [2.05, 4.69) is 30.9 Å². The summed E-state index contributed by atoms with van der Waals surface area (Å²) in [5.74, 6) is -0.122. The number of amidine groups is 1. The first-order valence-electron chi connectivity index (χ1n) is 10.7. The van der Waals surface area contributed by atoms with Crippen molar-refractivity contribution in [2.75, 3.05) is 22.9 Å². The van der Waals surface area contributed by atoms with Crippen molar-refractivity contribution in [3.05, 3.63) is 93.3 Å². The fraction of sp³-hybridized carbons (Fsp3) is 0.154. The quantitative estimate of drug-likeness (QED) is 0.329. The monoisotopic (exact) mass is 495 g/mol. The van der Waals surface area contributed by atoms with Crippen molar-refractivity contribution in [3.63, 3.8) is 0 Å². The van der Waals surface area contributed by atoms with E-state index in [-0.39, 0.29) is 5.91 Å². The van der Waals surface area contributed by atoms with Crippen LogP contribution in [-0.4, -0.2) is 24.2 Å². The van der Waals surface area contributed by atoms with Gasteiger partial charge in [0.05, 0.1) is 16.3 Å². The van der Waals surface area contributed by atoms with Crippen LogP contribution < -0.4 is 9.80 Å². The molecule has 0 bridgehead atoms. The Bertz CT molecular complexity index is 1190. The van der Waals surface area contributed by atoms with Crippen LogP contribution in [0.15, 0.2) is 82.7 Å². The highest BCUT2D eigenvalue weighted by Gasteiger charge is 2.34. The minimum absolute atomic E-state index is 0.122. The molecule has 1 amide bonds. The summed E-state index contributed by atoms with van der Waals surface area (Å²) < 4.78 is 0. The molecule has 4 nitrogen and oxygen atoms in total. The first kappa shape index (κ1) is 23.4. The van der Waals surface area contributed by atoms with Crippen LogP contribution in [0.4, 0.5) is 17.1 Å². The number of thioether (sulfide) groups is 1. The Hall–Kier alpha value is -2.73. The number of rotatable bonds is 6. The lowest BCUT2D eigenvalue weighted by atomic mass is 10.1. The number of amides is 1. The summed E-state index contributed by atoms with van der Waals surface area (Å²) in [4.78, 5) is 22.6. The van der Waals surface area contributed by atoms with Crippen molar-refractivity contribution in [1.82, 2.24) is 0 Å². The fourth-order valence-electron chi connectivity index (χ4n) is 3.51. The molecule has 3 aromatic rings. The lowest BCUT2D eigenvalue weighted by Gasteiger charge is -2.20. The van der Waals surface area contributed by atoms with E-state index in [1.807, 2.05) is 42.5 Å². The van der Waals surface area contributed by atoms with Crippen LogP contribution in [0.1, 0.15) is 19.4 Å². The van der Waals surface area contributed by atoms with Crippen molar-refractivity contribution < 1.29 is 4.79 Å². The van der Waals surface area contributed by atoms with Gasteiger partial charge in [0.1, 0.15) is 0 Å². The molecule has 0 N–H and O–H groups in total. The van der Waals surface area contributed by atoms with Crippen LogP contribution in [0, 0.1) is 0 Å². The topological polar surface area (TPSA) is 35.9 Å². The largest absolute Gasteiger partial charge is 0.372 e. The van der Waals surface area contributed by atoms with E-state index in [4.69, 9.17) is 28.2 Å². The van der Waals surface area contributed by atoms with Gasteiger partial charge in [0.15, 0.2) is 5.17 Å². The predicted molar refractivity (Wildman–Crippen MR) is 143 cm³/mol. The molecule has 4 rings (SSSR count). The average Bonchev–Trinajstić information content (AvgIpc) is 3.12. The van der Waals surface area contributed by atoms with E-state index in [1.165, 1.54) is 17.4 Å². The highest BCUT2D eigenvalue weighted by Crippen LogP contribution is 2.38. The molecule has 1 saturated heterocycles. The van der Waals surface area contributed by atoms with Crippen LogP contribution in [-0.2, 0) is 4.79 Å². The summed E-state index contributed by atoms with van der Waals surface area (Å²) >= 11 is 13.4. The van der Waals surface area contributed by atoms with Gasteiger partial charge in [-0.3, -0.25) is 9.69 Å². The standard InChI is InChI=1S/C26H23Cl2N3OS/c1-3-30(4-2)22-13-5-18(6-14-22)17-24-25(32)31(23-15-9-20(28)10-16-23)26(33-24)29-21-11-7-19(27)8-12-21/h5-17H,3-4H2,1-2H3/b24-17-,29-26?. The molecule has 0 saturated carbocycles. The summed E-state index contributed by atoms with van der Waals surface area (Å²) in [5.41, 5.74) is 3.56. The van der Waals surface area contributed by atoms with Crippen LogP contribution in [0.3, 0.4) is 0 Å². The van der Waals surface area contributed by atoms with Crippen molar-refractivity contribution in [2.45, 2.75) is 13.8 Å². The molecule has 1 aliphatic rings. The summed E-state index contributed by atoms with van der Waals surface area (Å²) in [7, 11) is 0. The van der Waals surface area contributed by atoms with Crippen molar-refractivity contribution in [1.29, 1.82) is 0 Å². The number of carbonyl (C=O) groups excluding carboxylic acids is 1. The van der Waals surface area contributed by atoms with Crippen molar-refractivity contribution >= 4 is 69.2 Å². The normalized spacial score (nSPS) is 16.1. The van der Waals surface area contributed by atoms with E-state index < -0.39 is 0 Å². The molecule has 1 aliphatic heterocycles. The minimum Gasteiger partial charge on any atom is -0.372 e. The smallest absolute Gasteiger partial charge is 0.271 e. The highest BCUT2D eigenvalue weighted by molar-refractivity contribution is 8.19. The average molecular weight is 496 g/mol. The molecule has 33 heavy (non-hydrogen) atoms. The summed E-state index contributed by atoms with van der Waals surface area (Å²) in [6.45, 7) is 6.18. The van der Waals surface area contributed by atoms with E-state index in [0.29, 0.717) is 25.8 Å². The second kappa shape index (κ2) is 10.5. The molecule has 168 valence electrons. The lowest BCUT2D eigenvalue weighted by molar-refractivity contribution is -0.113. The number of hydrogen-bond donors (Lipinski definition) is 0. The Morgan fingerprint density at radius 1 is 0.879 bits per heavy atom. The molecular weight excluding hydrogens is 473 g/mol. The number of halogens is 2. The zero-order valence-electron chi connectivity index (χ0n) is 18.3. The SMILES string of the molecule is CCN(CC)c1ccc(/C=C2\SC(=Nc3ccc(Cl)cc3)N(c3ccc(Cl)cc3)C2=O)cc1. The third kappa shape index (κ3) is 5.44. The minimum atomic E-state index is -0.122. The Morgan fingerprint density at radius 2 is 1.45 bits per heavy atom. The van der Waals surface area contributed by atoms with E-state index in [1.54, 1.807) is 29.2 Å². The Kier molecular flexibility index (Phi) is 7.43. The second-order valence-electron chi connectivity index (χ2n) is 7.36. The lowest BCUT2D eigenvalue weighted by Crippen LogP contribution is -2.28. The molecule has 0 atom stereocenters. The molecule has 1 heterocycles. The first-order chi connectivity index (χ1) is 16.0. The van der Waals surface area contributed by atoms with Gasteiger partial charge in [-0.05, 0) is 97.9 Å². The Balaban J connectivity index is 1.69. The first-order valence-corrected chi connectivity index (χ1v) is 12.2. The molecule has 0 aromatic heterocycles. The molecule has 1 fully saturated rings. The second-order valence-corrected chi connectivity index (χ2v) is 9.24. The summed E-state index contributed by atoms with van der Waals surface area (Å²) in [5, 5.41) is 1.83. The van der Waals surface area contributed by atoms with Gasteiger partial charge in [-0.15, -0.1) is 0 Å². The number of benzene rings is 3. The maximum absolute atomic E-state index is 13.4. The van der Waals surface area contributed by atoms with E-state index in [9.17, 15) is 4.79 Å². The maximum Gasteiger partial charge on any atom is 0.271 e. The Labute approximate surface area is 208 Å². The maximum atomic E-state index is 13.4. The van der Waals surface area contributed by atoms with Crippen LogP contribution >= 0.6 is 35.0 Å². The van der Waals surface area contributed by atoms with Gasteiger partial charge in [0, 0.05) is 28.8 Å². The van der Waals surface area contributed by atoms with Crippen LogP contribution in [0.25, 0.3) is 6.08 Å². The Morgan fingerprint density at radius 3 is 2.03 bits per heavy atom. The van der Waals surface area contributed by atoms with E-state index in [0.717, 1.165) is 24.3 Å². The molecule has 3 aromatic carbocycles. The predicted octanol–water partition coefficient (Wildman–Crippen LogP) is 7.65. The van der Waals surface area contributed by atoms with Crippen LogP contribution in [0.2, 0.25) is 10.0 Å². The van der Waals surface area contributed by atoms with Crippen molar-refractivity contribution in [3.8, 4) is 0 Å². The van der Waals surface area contributed by atoms with Gasteiger partial charge in [-0.2, -0.15) is 0 Å². The molecule has 0 aliphatic carbocycles. The molecule has 7 heteroatoms. The molecule has 0 unspecified atom stereocenters. The highest BCUT2D eigenvalue weighted by atomic mass is 35.5. The zero-order valence-corrected chi connectivity index (χ0v) is 20.7. The van der Waals surface area contributed by atoms with Crippen LogP contribution in [0.5, 0.6) is 0 Å². The third-order valence-electron chi connectivity index (χ3n) is 5.26. The number of carbonyl (C=O) groups is 1. The number of anilines is 2. The third-order valence-corrected chi connectivity index (χ3v) is 6.73. The van der Waals surface area contributed by atoms with Crippen molar-refractivity contribution in [2.24, 2.45) is 4.99 Å². The van der Waals surface area contributed by atoms with Gasteiger partial charge in [0.25, 0.3) is 5.91 Å². The summed E-state index contributed by atoms with van der Waals surface area (Å²) in [6.07, 6.45) is 1.91. The van der Waals surface area contributed by atoms with Gasteiger partial charge in [-0.1, -0.05) is 35.3 Å². The number of aliphatic imine (C=N–C) groups is 1.